The van der Waals surface area contributed by atoms with Crippen molar-refractivity contribution in [2.24, 2.45) is 0 Å². The molecule has 1 aromatic carbocycles. The van der Waals surface area contributed by atoms with Crippen LogP contribution in [0.4, 0.5) is 0 Å². The van der Waals surface area contributed by atoms with Gasteiger partial charge in [-0.1, -0.05) is 45.0 Å². The van der Waals surface area contributed by atoms with Crippen LogP contribution < -0.4 is 0 Å². The van der Waals surface area contributed by atoms with E-state index in [0.717, 1.165) is 11.1 Å². The molecule has 0 aliphatic rings. The lowest BCUT2D eigenvalue weighted by Crippen LogP contribution is -2.31. The molecule has 0 spiro atoms. The smallest absolute Gasteiger partial charge is 0.183 e. The molecule has 16 heavy (non-hydrogen) atoms. The van der Waals surface area contributed by atoms with E-state index < -0.39 is 5.60 Å². The summed E-state index contributed by atoms with van der Waals surface area (Å²) in [5.74, 6) is 0.275. The number of hydrogen-bond acceptors (Lipinski definition) is 3. The van der Waals surface area contributed by atoms with Gasteiger partial charge in [0.15, 0.2) is 11.9 Å². The van der Waals surface area contributed by atoms with Crippen LogP contribution in [0.3, 0.4) is 0 Å². The van der Waals surface area contributed by atoms with Gasteiger partial charge < -0.3 is 0 Å². The predicted molar refractivity (Wildman–Crippen MR) is 62.3 cm³/mol. The summed E-state index contributed by atoms with van der Waals surface area (Å²) in [7, 11) is 0. The van der Waals surface area contributed by atoms with Crippen molar-refractivity contribution in [3.05, 3.63) is 35.4 Å². The van der Waals surface area contributed by atoms with Gasteiger partial charge in [-0.3, -0.25) is 10.1 Å². The zero-order valence-corrected chi connectivity index (χ0v) is 9.93. The molecule has 0 aliphatic carbocycles. The Balaban J connectivity index is 3.34. The number of rotatable bonds is 5. The largest absolute Gasteiger partial charge is 0.300 e. The Morgan fingerprint density at radius 2 is 2.06 bits per heavy atom. The first-order valence-corrected chi connectivity index (χ1v) is 5.49. The highest BCUT2D eigenvalue weighted by Gasteiger charge is 2.34. The maximum atomic E-state index is 11.2. The van der Waals surface area contributed by atoms with Gasteiger partial charge in [0.2, 0.25) is 0 Å². The predicted octanol–water partition coefficient (Wildman–Crippen LogP) is 3.10. The first-order chi connectivity index (χ1) is 7.61. The van der Waals surface area contributed by atoms with Gasteiger partial charge in [0.25, 0.3) is 0 Å². The maximum absolute atomic E-state index is 11.2. The average Bonchev–Trinajstić information content (AvgIpc) is 2.32. The molecule has 1 N–H and O–H groups in total. The molecule has 0 bridgehead atoms. The summed E-state index contributed by atoms with van der Waals surface area (Å²) < 4.78 is 0. The van der Waals surface area contributed by atoms with Crippen molar-refractivity contribution in [2.75, 3.05) is 0 Å². The molecule has 0 radical (unpaired) electrons. The second-order valence-electron chi connectivity index (χ2n) is 4.19. The molecular weight excluding hydrogens is 204 g/mol. The molecule has 0 aromatic heterocycles. The van der Waals surface area contributed by atoms with E-state index in [0.29, 0.717) is 12.7 Å². The Kier molecular flexibility index (Phi) is 4.21. The fourth-order valence-corrected chi connectivity index (χ4v) is 1.86. The molecule has 1 rings (SSSR count). The Morgan fingerprint density at radius 1 is 1.44 bits per heavy atom. The molecule has 0 fully saturated rings. The molecule has 3 heteroatoms. The lowest BCUT2D eigenvalue weighted by Gasteiger charge is -2.26. The normalized spacial score (nSPS) is 14.8. The molecule has 0 aliphatic heterocycles. The van der Waals surface area contributed by atoms with Crippen LogP contribution in [0, 0.1) is 0 Å². The molecule has 0 heterocycles. The average molecular weight is 222 g/mol. The number of benzene rings is 1. The Morgan fingerprint density at radius 3 is 2.50 bits per heavy atom. The van der Waals surface area contributed by atoms with E-state index in [1.807, 2.05) is 45.0 Å². The van der Waals surface area contributed by atoms with E-state index in [-0.39, 0.29) is 5.92 Å². The standard InChI is InChI=1S/C13H18O3/c1-4-13(9-14,16-15)12-8-6-5-7-11(12)10(2)3/h5-10,15H,4H2,1-3H3. The van der Waals surface area contributed by atoms with Gasteiger partial charge in [-0.05, 0) is 23.5 Å². The summed E-state index contributed by atoms with van der Waals surface area (Å²) in [6, 6.07) is 7.53. The number of carbonyl (C=O) groups is 1. The Labute approximate surface area is 96.0 Å². The van der Waals surface area contributed by atoms with Crippen LogP contribution in [0.5, 0.6) is 0 Å². The molecule has 3 nitrogen and oxygen atoms in total. The van der Waals surface area contributed by atoms with Gasteiger partial charge in [0.1, 0.15) is 0 Å². The monoisotopic (exact) mass is 222 g/mol. The SMILES string of the molecule is CCC(C=O)(OO)c1ccccc1C(C)C. The second kappa shape index (κ2) is 5.23. The Hall–Kier alpha value is -1.19. The minimum Gasteiger partial charge on any atom is -0.300 e. The second-order valence-corrected chi connectivity index (χ2v) is 4.19. The summed E-state index contributed by atoms with van der Waals surface area (Å²) >= 11 is 0. The highest BCUT2D eigenvalue weighted by molar-refractivity contribution is 5.67. The number of aldehydes is 1. The van der Waals surface area contributed by atoms with Gasteiger partial charge >= 0.3 is 0 Å². The van der Waals surface area contributed by atoms with Crippen LogP contribution in [-0.2, 0) is 15.3 Å². The summed E-state index contributed by atoms with van der Waals surface area (Å²) in [5.41, 5.74) is 0.524. The van der Waals surface area contributed by atoms with E-state index in [4.69, 9.17) is 5.26 Å². The molecular formula is C13H18O3. The minimum atomic E-state index is -1.24. The first kappa shape index (κ1) is 12.9. The van der Waals surface area contributed by atoms with Crippen LogP contribution in [0.25, 0.3) is 0 Å². The maximum Gasteiger partial charge on any atom is 0.183 e. The fourth-order valence-electron chi connectivity index (χ4n) is 1.86. The fraction of sp³-hybridized carbons (Fsp3) is 0.462. The van der Waals surface area contributed by atoms with Gasteiger partial charge in [-0.2, -0.15) is 0 Å². The van der Waals surface area contributed by atoms with Crippen LogP contribution in [0.2, 0.25) is 0 Å². The molecule has 1 atom stereocenters. The van der Waals surface area contributed by atoms with Crippen molar-refractivity contribution in [1.29, 1.82) is 0 Å². The summed E-state index contributed by atoms with van der Waals surface area (Å²) in [5, 5.41) is 9.00. The Bertz CT molecular complexity index is 354. The summed E-state index contributed by atoms with van der Waals surface area (Å²) in [4.78, 5) is 15.6. The van der Waals surface area contributed by atoms with E-state index >= 15 is 0 Å². The molecule has 1 aromatic rings. The quantitative estimate of drug-likeness (QED) is 0.473. The van der Waals surface area contributed by atoms with Crippen molar-refractivity contribution in [3.63, 3.8) is 0 Å². The van der Waals surface area contributed by atoms with Crippen LogP contribution in [0.15, 0.2) is 24.3 Å². The minimum absolute atomic E-state index is 0.275. The topological polar surface area (TPSA) is 46.5 Å². The molecule has 1 unspecified atom stereocenters. The van der Waals surface area contributed by atoms with Crippen molar-refractivity contribution >= 4 is 6.29 Å². The molecule has 0 saturated heterocycles. The van der Waals surface area contributed by atoms with E-state index in [2.05, 4.69) is 4.89 Å². The summed E-state index contributed by atoms with van der Waals surface area (Å²) in [6.07, 6.45) is 1.06. The third kappa shape index (κ3) is 2.15. The van der Waals surface area contributed by atoms with Gasteiger partial charge in [-0.15, -0.1) is 0 Å². The van der Waals surface area contributed by atoms with Crippen molar-refractivity contribution in [3.8, 4) is 0 Å². The number of carbonyl (C=O) groups excluding carboxylic acids is 1. The third-order valence-corrected chi connectivity index (χ3v) is 2.92. The molecule has 0 amide bonds. The number of hydrogen-bond donors (Lipinski definition) is 1. The highest BCUT2D eigenvalue weighted by atomic mass is 17.1. The molecule has 0 saturated carbocycles. The van der Waals surface area contributed by atoms with Gasteiger partial charge in [0.05, 0.1) is 0 Å². The molecule has 88 valence electrons. The lowest BCUT2D eigenvalue weighted by atomic mass is 9.85. The van der Waals surface area contributed by atoms with Gasteiger partial charge in [0, 0.05) is 0 Å². The van der Waals surface area contributed by atoms with E-state index in [9.17, 15) is 4.79 Å². The lowest BCUT2D eigenvalue weighted by molar-refractivity contribution is -0.313. The van der Waals surface area contributed by atoms with Crippen molar-refractivity contribution < 1.29 is 14.9 Å². The van der Waals surface area contributed by atoms with Crippen molar-refractivity contribution in [1.82, 2.24) is 0 Å². The first-order valence-electron chi connectivity index (χ1n) is 5.49. The van der Waals surface area contributed by atoms with Crippen LogP contribution >= 0.6 is 0 Å². The summed E-state index contributed by atoms with van der Waals surface area (Å²) in [6.45, 7) is 5.89. The van der Waals surface area contributed by atoms with E-state index in [1.165, 1.54) is 0 Å². The third-order valence-electron chi connectivity index (χ3n) is 2.92. The van der Waals surface area contributed by atoms with E-state index in [1.54, 1.807) is 0 Å². The van der Waals surface area contributed by atoms with Crippen LogP contribution in [0.1, 0.15) is 44.2 Å². The zero-order chi connectivity index (χ0) is 12.2. The van der Waals surface area contributed by atoms with Crippen LogP contribution in [-0.4, -0.2) is 11.5 Å². The van der Waals surface area contributed by atoms with Gasteiger partial charge in [-0.25, -0.2) is 4.89 Å². The van der Waals surface area contributed by atoms with Crippen molar-refractivity contribution in [2.45, 2.75) is 38.7 Å². The zero-order valence-electron chi connectivity index (χ0n) is 9.93. The highest BCUT2D eigenvalue weighted by Crippen LogP contribution is 2.32.